The number of nitrogens with one attached hydrogen (secondary N) is 2. The first-order chi connectivity index (χ1) is 11.3. The monoisotopic (exact) mass is 324 g/mol. The molecule has 1 amide bonds. The molecule has 0 saturated heterocycles. The lowest BCUT2D eigenvalue weighted by atomic mass is 10.1. The van der Waals surface area contributed by atoms with Gasteiger partial charge in [-0.15, -0.1) is 11.3 Å². The number of thiophene rings is 1. The fraction of sp³-hybridized carbons (Fsp3) is 0.0556. The van der Waals surface area contributed by atoms with Gasteiger partial charge in [0.1, 0.15) is 0 Å². The predicted molar refractivity (Wildman–Crippen MR) is 92.8 cm³/mol. The van der Waals surface area contributed by atoms with Crippen molar-refractivity contribution in [2.45, 2.75) is 6.54 Å². The van der Waals surface area contributed by atoms with E-state index in [1.807, 2.05) is 48.5 Å². The second-order valence-electron chi connectivity index (χ2n) is 5.02. The SMILES string of the molecule is O=C(NO)c1ccc(-c2ccc(NCc3ccccc3)cc2)s1. The fourth-order valence-corrected chi connectivity index (χ4v) is 3.12. The molecule has 0 radical (unpaired) electrons. The largest absolute Gasteiger partial charge is 0.381 e. The molecule has 2 aromatic carbocycles. The zero-order valence-corrected chi connectivity index (χ0v) is 13.1. The second-order valence-corrected chi connectivity index (χ2v) is 6.11. The number of amides is 1. The van der Waals surface area contributed by atoms with E-state index in [9.17, 15) is 4.79 Å². The minimum absolute atomic E-state index is 0.480. The molecule has 23 heavy (non-hydrogen) atoms. The molecule has 0 aliphatic rings. The minimum atomic E-state index is -0.484. The lowest BCUT2D eigenvalue weighted by Crippen LogP contribution is -2.16. The maximum atomic E-state index is 11.4. The quantitative estimate of drug-likeness (QED) is 0.488. The van der Waals surface area contributed by atoms with Crippen LogP contribution in [0.25, 0.3) is 10.4 Å². The maximum absolute atomic E-state index is 11.4. The summed E-state index contributed by atoms with van der Waals surface area (Å²) in [6, 6.07) is 21.9. The summed E-state index contributed by atoms with van der Waals surface area (Å²) in [5, 5.41) is 12.0. The number of rotatable bonds is 5. The fourth-order valence-electron chi connectivity index (χ4n) is 2.22. The smallest absolute Gasteiger partial charge is 0.284 e. The number of hydrogen-bond donors (Lipinski definition) is 3. The van der Waals surface area contributed by atoms with Gasteiger partial charge in [0.2, 0.25) is 0 Å². The predicted octanol–water partition coefficient (Wildman–Crippen LogP) is 4.15. The third kappa shape index (κ3) is 3.77. The molecule has 0 atom stereocenters. The molecule has 0 bridgehead atoms. The average molecular weight is 324 g/mol. The van der Waals surface area contributed by atoms with E-state index in [2.05, 4.69) is 17.4 Å². The highest BCUT2D eigenvalue weighted by Gasteiger charge is 2.09. The zero-order valence-electron chi connectivity index (χ0n) is 12.3. The van der Waals surface area contributed by atoms with Gasteiger partial charge in [0, 0.05) is 17.1 Å². The number of hydroxylamine groups is 1. The van der Waals surface area contributed by atoms with Crippen LogP contribution < -0.4 is 10.8 Å². The van der Waals surface area contributed by atoms with Gasteiger partial charge in [0.05, 0.1) is 4.88 Å². The van der Waals surface area contributed by atoms with Crippen molar-refractivity contribution in [3.05, 3.63) is 77.2 Å². The lowest BCUT2D eigenvalue weighted by Gasteiger charge is -2.07. The highest BCUT2D eigenvalue weighted by atomic mass is 32.1. The first kappa shape index (κ1) is 15.3. The first-order valence-electron chi connectivity index (χ1n) is 7.19. The molecule has 1 aromatic heterocycles. The third-order valence-electron chi connectivity index (χ3n) is 3.44. The van der Waals surface area contributed by atoms with Crippen molar-refractivity contribution in [2.75, 3.05) is 5.32 Å². The van der Waals surface area contributed by atoms with Crippen LogP contribution in [-0.2, 0) is 6.54 Å². The van der Waals surface area contributed by atoms with Gasteiger partial charge in [-0.1, -0.05) is 42.5 Å². The van der Waals surface area contributed by atoms with E-state index in [1.54, 1.807) is 11.5 Å². The Hall–Kier alpha value is -2.63. The summed E-state index contributed by atoms with van der Waals surface area (Å²) in [5.74, 6) is -0.484. The Morgan fingerprint density at radius 3 is 2.39 bits per heavy atom. The van der Waals surface area contributed by atoms with E-state index in [4.69, 9.17) is 5.21 Å². The Bertz CT molecular complexity index is 782. The average Bonchev–Trinajstić information content (AvgIpc) is 3.11. The second kappa shape index (κ2) is 7.09. The van der Waals surface area contributed by atoms with Crippen LogP contribution in [-0.4, -0.2) is 11.1 Å². The molecule has 1 heterocycles. The Morgan fingerprint density at radius 1 is 0.957 bits per heavy atom. The van der Waals surface area contributed by atoms with Crippen LogP contribution in [0.15, 0.2) is 66.7 Å². The normalized spacial score (nSPS) is 10.3. The Labute approximate surface area is 138 Å². The molecule has 3 N–H and O–H groups in total. The minimum Gasteiger partial charge on any atom is -0.381 e. The Kier molecular flexibility index (Phi) is 4.71. The number of benzene rings is 2. The maximum Gasteiger partial charge on any atom is 0.284 e. The molecule has 116 valence electrons. The van der Waals surface area contributed by atoms with Crippen LogP contribution in [0.1, 0.15) is 15.2 Å². The van der Waals surface area contributed by atoms with Gasteiger partial charge >= 0.3 is 0 Å². The molecule has 3 rings (SSSR count). The van der Waals surface area contributed by atoms with E-state index >= 15 is 0 Å². The summed E-state index contributed by atoms with van der Waals surface area (Å²) >= 11 is 1.34. The van der Waals surface area contributed by atoms with Gasteiger partial charge in [-0.25, -0.2) is 5.48 Å². The van der Waals surface area contributed by atoms with Crippen molar-refractivity contribution in [1.29, 1.82) is 0 Å². The summed E-state index contributed by atoms with van der Waals surface area (Å²) < 4.78 is 0. The van der Waals surface area contributed by atoms with Crippen LogP contribution in [0.2, 0.25) is 0 Å². The Morgan fingerprint density at radius 2 is 1.70 bits per heavy atom. The standard InChI is InChI=1S/C18H16N2O2S/c21-18(20-22)17-11-10-16(23-17)14-6-8-15(9-7-14)19-12-13-4-2-1-3-5-13/h1-11,19,22H,12H2,(H,20,21). The van der Waals surface area contributed by atoms with Gasteiger partial charge in [-0.05, 0) is 35.4 Å². The number of anilines is 1. The lowest BCUT2D eigenvalue weighted by molar-refractivity contribution is 0.0711. The van der Waals surface area contributed by atoms with Crippen LogP contribution in [0.4, 0.5) is 5.69 Å². The van der Waals surface area contributed by atoms with Crippen LogP contribution >= 0.6 is 11.3 Å². The topological polar surface area (TPSA) is 61.4 Å². The zero-order chi connectivity index (χ0) is 16.1. The van der Waals surface area contributed by atoms with E-state index in [0.717, 1.165) is 22.7 Å². The molecular weight excluding hydrogens is 308 g/mol. The van der Waals surface area contributed by atoms with E-state index in [1.165, 1.54) is 16.9 Å². The molecule has 3 aromatic rings. The number of hydrogen-bond acceptors (Lipinski definition) is 4. The van der Waals surface area contributed by atoms with E-state index < -0.39 is 5.91 Å². The molecular formula is C18H16N2O2S. The highest BCUT2D eigenvalue weighted by molar-refractivity contribution is 7.17. The molecule has 0 aliphatic carbocycles. The molecule has 0 aliphatic heterocycles. The van der Waals surface area contributed by atoms with Crippen molar-refractivity contribution in [1.82, 2.24) is 5.48 Å². The van der Waals surface area contributed by atoms with Crippen molar-refractivity contribution < 1.29 is 10.0 Å². The molecule has 0 spiro atoms. The van der Waals surface area contributed by atoms with Crippen LogP contribution in [0.3, 0.4) is 0 Å². The summed E-state index contributed by atoms with van der Waals surface area (Å²) in [4.78, 5) is 12.8. The van der Waals surface area contributed by atoms with Gasteiger partial charge < -0.3 is 5.32 Å². The Balaban J connectivity index is 1.67. The van der Waals surface area contributed by atoms with Crippen molar-refractivity contribution in [3.8, 4) is 10.4 Å². The van der Waals surface area contributed by atoms with Crippen molar-refractivity contribution >= 4 is 22.9 Å². The van der Waals surface area contributed by atoms with Crippen LogP contribution in [0, 0.1) is 0 Å². The summed E-state index contributed by atoms with van der Waals surface area (Å²) in [7, 11) is 0. The van der Waals surface area contributed by atoms with Gasteiger partial charge in [0.15, 0.2) is 0 Å². The molecule has 5 heteroatoms. The van der Waals surface area contributed by atoms with E-state index in [0.29, 0.717) is 4.88 Å². The van der Waals surface area contributed by atoms with Gasteiger partial charge in [-0.2, -0.15) is 0 Å². The highest BCUT2D eigenvalue weighted by Crippen LogP contribution is 2.29. The summed E-state index contributed by atoms with van der Waals surface area (Å²) in [5.41, 5.74) is 4.96. The molecule has 0 unspecified atom stereocenters. The van der Waals surface area contributed by atoms with Crippen molar-refractivity contribution in [2.24, 2.45) is 0 Å². The third-order valence-corrected chi connectivity index (χ3v) is 4.57. The summed E-state index contributed by atoms with van der Waals surface area (Å²) in [6.07, 6.45) is 0. The van der Waals surface area contributed by atoms with Crippen LogP contribution in [0.5, 0.6) is 0 Å². The van der Waals surface area contributed by atoms with Gasteiger partial charge in [0.25, 0.3) is 5.91 Å². The molecule has 4 nitrogen and oxygen atoms in total. The van der Waals surface area contributed by atoms with Crippen molar-refractivity contribution in [3.63, 3.8) is 0 Å². The van der Waals surface area contributed by atoms with Gasteiger partial charge in [-0.3, -0.25) is 10.0 Å². The number of carbonyl (C=O) groups excluding carboxylic acids is 1. The first-order valence-corrected chi connectivity index (χ1v) is 8.00. The molecule has 0 fully saturated rings. The summed E-state index contributed by atoms with van der Waals surface area (Å²) in [6.45, 7) is 0.778. The van der Waals surface area contributed by atoms with E-state index in [-0.39, 0.29) is 0 Å². The molecule has 0 saturated carbocycles. The number of carbonyl (C=O) groups is 1.